The highest BCUT2D eigenvalue weighted by Gasteiger charge is 2.28. The van der Waals surface area contributed by atoms with Gasteiger partial charge in [0.1, 0.15) is 0 Å². The second-order valence-electron chi connectivity index (χ2n) is 5.10. The van der Waals surface area contributed by atoms with Crippen molar-refractivity contribution < 1.29 is 14.7 Å². The van der Waals surface area contributed by atoms with E-state index in [1.54, 1.807) is 0 Å². The molecule has 4 heteroatoms. The van der Waals surface area contributed by atoms with Crippen LogP contribution in [0.15, 0.2) is 0 Å². The number of carbonyl (C=O) groups is 2. The van der Waals surface area contributed by atoms with Gasteiger partial charge in [0.25, 0.3) is 0 Å². The van der Waals surface area contributed by atoms with E-state index in [-0.39, 0.29) is 17.9 Å². The van der Waals surface area contributed by atoms with Gasteiger partial charge in [-0.15, -0.1) is 0 Å². The van der Waals surface area contributed by atoms with E-state index >= 15 is 0 Å². The first kappa shape index (κ1) is 11.4. The van der Waals surface area contributed by atoms with Gasteiger partial charge in [0, 0.05) is 12.5 Å². The summed E-state index contributed by atoms with van der Waals surface area (Å²) in [7, 11) is 0. The molecule has 0 aliphatic heterocycles. The second-order valence-corrected chi connectivity index (χ2v) is 5.10. The van der Waals surface area contributed by atoms with E-state index in [9.17, 15) is 9.59 Å². The smallest absolute Gasteiger partial charge is 0.306 e. The van der Waals surface area contributed by atoms with Crippen molar-refractivity contribution in [3.05, 3.63) is 0 Å². The SMILES string of the molecule is O=C(CC1CC1)NC1CCC(C(=O)O)CC1. The molecule has 2 fully saturated rings. The van der Waals surface area contributed by atoms with Crippen LogP contribution in [0.5, 0.6) is 0 Å². The lowest BCUT2D eigenvalue weighted by molar-refractivity contribution is -0.142. The first-order valence-corrected chi connectivity index (χ1v) is 6.17. The van der Waals surface area contributed by atoms with E-state index < -0.39 is 5.97 Å². The molecule has 2 rings (SSSR count). The van der Waals surface area contributed by atoms with Crippen molar-refractivity contribution in [1.82, 2.24) is 5.32 Å². The summed E-state index contributed by atoms with van der Waals surface area (Å²) >= 11 is 0. The number of aliphatic carboxylic acids is 1. The number of carboxylic acid groups (broad SMARTS) is 1. The Hall–Kier alpha value is -1.06. The van der Waals surface area contributed by atoms with E-state index in [1.807, 2.05) is 0 Å². The Labute approximate surface area is 95.4 Å². The molecular weight excluding hydrogens is 206 g/mol. The molecule has 90 valence electrons. The predicted molar refractivity (Wildman–Crippen MR) is 58.9 cm³/mol. The molecule has 2 N–H and O–H groups in total. The van der Waals surface area contributed by atoms with Gasteiger partial charge in [-0.05, 0) is 44.4 Å². The van der Waals surface area contributed by atoms with E-state index in [0.717, 1.165) is 12.8 Å². The van der Waals surface area contributed by atoms with Gasteiger partial charge in [0.15, 0.2) is 0 Å². The van der Waals surface area contributed by atoms with Crippen molar-refractivity contribution in [3.63, 3.8) is 0 Å². The highest BCUT2D eigenvalue weighted by Crippen LogP contribution is 2.32. The third-order valence-electron chi connectivity index (χ3n) is 3.61. The molecule has 0 aromatic heterocycles. The third kappa shape index (κ3) is 3.22. The summed E-state index contributed by atoms with van der Waals surface area (Å²) in [5.41, 5.74) is 0. The maximum Gasteiger partial charge on any atom is 0.306 e. The first-order valence-electron chi connectivity index (χ1n) is 6.17. The topological polar surface area (TPSA) is 66.4 Å². The molecule has 0 bridgehead atoms. The van der Waals surface area contributed by atoms with E-state index in [2.05, 4.69) is 5.32 Å². The van der Waals surface area contributed by atoms with E-state index in [4.69, 9.17) is 5.11 Å². The summed E-state index contributed by atoms with van der Waals surface area (Å²) in [5, 5.41) is 11.9. The van der Waals surface area contributed by atoms with Crippen LogP contribution in [0.2, 0.25) is 0 Å². The molecule has 0 aromatic rings. The van der Waals surface area contributed by atoms with Gasteiger partial charge >= 0.3 is 5.97 Å². The molecule has 2 saturated carbocycles. The van der Waals surface area contributed by atoms with E-state index in [1.165, 1.54) is 12.8 Å². The monoisotopic (exact) mass is 225 g/mol. The molecule has 1 amide bonds. The molecule has 0 spiro atoms. The van der Waals surface area contributed by atoms with Gasteiger partial charge in [-0.25, -0.2) is 0 Å². The van der Waals surface area contributed by atoms with Crippen LogP contribution in [0.3, 0.4) is 0 Å². The molecule has 0 unspecified atom stereocenters. The van der Waals surface area contributed by atoms with Crippen molar-refractivity contribution in [2.75, 3.05) is 0 Å². The summed E-state index contributed by atoms with van der Waals surface area (Å²) in [4.78, 5) is 22.3. The lowest BCUT2D eigenvalue weighted by atomic mass is 9.86. The van der Waals surface area contributed by atoms with Crippen molar-refractivity contribution in [1.29, 1.82) is 0 Å². The Morgan fingerprint density at radius 2 is 1.69 bits per heavy atom. The molecule has 16 heavy (non-hydrogen) atoms. The highest BCUT2D eigenvalue weighted by atomic mass is 16.4. The average molecular weight is 225 g/mol. The van der Waals surface area contributed by atoms with Crippen LogP contribution in [-0.4, -0.2) is 23.0 Å². The van der Waals surface area contributed by atoms with Crippen LogP contribution in [0, 0.1) is 11.8 Å². The Kier molecular flexibility index (Phi) is 3.46. The van der Waals surface area contributed by atoms with E-state index in [0.29, 0.717) is 25.2 Å². The largest absolute Gasteiger partial charge is 0.481 e. The molecule has 2 aliphatic carbocycles. The first-order chi connectivity index (χ1) is 7.65. The van der Waals surface area contributed by atoms with Crippen LogP contribution in [0.4, 0.5) is 0 Å². The maximum atomic E-state index is 11.5. The second kappa shape index (κ2) is 4.85. The number of rotatable bonds is 4. The molecule has 0 radical (unpaired) electrons. The minimum Gasteiger partial charge on any atom is -0.481 e. The molecule has 0 aromatic carbocycles. The standard InChI is InChI=1S/C12H19NO3/c14-11(7-8-1-2-8)13-10-5-3-9(4-6-10)12(15)16/h8-10H,1-7H2,(H,13,14)(H,15,16). The van der Waals surface area contributed by atoms with Crippen LogP contribution in [0.1, 0.15) is 44.9 Å². The van der Waals surface area contributed by atoms with Crippen LogP contribution < -0.4 is 5.32 Å². The lowest BCUT2D eigenvalue weighted by Crippen LogP contribution is -2.38. The fourth-order valence-electron chi connectivity index (χ4n) is 2.36. The lowest BCUT2D eigenvalue weighted by Gasteiger charge is -2.26. The quantitative estimate of drug-likeness (QED) is 0.762. The normalized spacial score (nSPS) is 29.8. The zero-order valence-corrected chi connectivity index (χ0v) is 9.45. The molecule has 2 aliphatic rings. The predicted octanol–water partition coefficient (Wildman–Crippen LogP) is 1.55. The van der Waals surface area contributed by atoms with Gasteiger partial charge in [-0.2, -0.15) is 0 Å². The number of hydrogen-bond acceptors (Lipinski definition) is 2. The summed E-state index contributed by atoms with van der Waals surface area (Å²) < 4.78 is 0. The van der Waals surface area contributed by atoms with Gasteiger partial charge in [-0.3, -0.25) is 9.59 Å². The Bertz CT molecular complexity index is 278. The molecule has 0 saturated heterocycles. The van der Waals surface area contributed by atoms with Crippen LogP contribution >= 0.6 is 0 Å². The Balaban J connectivity index is 1.67. The van der Waals surface area contributed by atoms with Crippen molar-refractivity contribution in [2.45, 2.75) is 51.0 Å². The zero-order chi connectivity index (χ0) is 11.5. The van der Waals surface area contributed by atoms with Crippen LogP contribution in [-0.2, 0) is 9.59 Å². The minimum absolute atomic E-state index is 0.154. The fraction of sp³-hybridized carbons (Fsp3) is 0.833. The van der Waals surface area contributed by atoms with Gasteiger partial charge in [0.2, 0.25) is 5.91 Å². The third-order valence-corrected chi connectivity index (χ3v) is 3.61. The minimum atomic E-state index is -0.692. The van der Waals surface area contributed by atoms with Gasteiger partial charge in [-0.1, -0.05) is 0 Å². The summed E-state index contributed by atoms with van der Waals surface area (Å²) in [6.07, 6.45) is 6.07. The van der Waals surface area contributed by atoms with Crippen molar-refractivity contribution in [2.24, 2.45) is 11.8 Å². The van der Waals surface area contributed by atoms with Crippen molar-refractivity contribution in [3.8, 4) is 0 Å². The number of carbonyl (C=O) groups excluding carboxylic acids is 1. The highest BCUT2D eigenvalue weighted by molar-refractivity contribution is 5.77. The summed E-state index contributed by atoms with van der Waals surface area (Å²) in [6, 6.07) is 0.210. The number of amides is 1. The fourth-order valence-corrected chi connectivity index (χ4v) is 2.36. The number of nitrogens with one attached hydrogen (secondary N) is 1. The molecule has 0 heterocycles. The van der Waals surface area contributed by atoms with Gasteiger partial charge in [0.05, 0.1) is 5.92 Å². The maximum absolute atomic E-state index is 11.5. The van der Waals surface area contributed by atoms with Crippen molar-refractivity contribution >= 4 is 11.9 Å². The zero-order valence-electron chi connectivity index (χ0n) is 9.45. The molecule has 0 atom stereocenters. The Morgan fingerprint density at radius 3 is 2.19 bits per heavy atom. The average Bonchev–Trinajstić information content (AvgIpc) is 3.02. The van der Waals surface area contributed by atoms with Gasteiger partial charge < -0.3 is 10.4 Å². The molecular formula is C12H19NO3. The van der Waals surface area contributed by atoms with Crippen LogP contribution in [0.25, 0.3) is 0 Å². The number of hydrogen-bond donors (Lipinski definition) is 2. The Morgan fingerprint density at radius 1 is 1.06 bits per heavy atom. The molecule has 4 nitrogen and oxygen atoms in total. The number of carboxylic acids is 1. The summed E-state index contributed by atoms with van der Waals surface area (Å²) in [5.74, 6) is -0.115. The summed E-state index contributed by atoms with van der Waals surface area (Å²) in [6.45, 7) is 0.